The molecule has 1 unspecified atom stereocenters. The van der Waals surface area contributed by atoms with E-state index in [1.165, 1.54) is 6.07 Å². The van der Waals surface area contributed by atoms with Gasteiger partial charge in [-0.2, -0.15) is 13.2 Å². The van der Waals surface area contributed by atoms with E-state index in [1.807, 2.05) is 43.0 Å². The van der Waals surface area contributed by atoms with Crippen molar-refractivity contribution in [3.05, 3.63) is 71.3 Å². The van der Waals surface area contributed by atoms with Gasteiger partial charge < -0.3 is 9.64 Å². The summed E-state index contributed by atoms with van der Waals surface area (Å²) < 4.78 is 44.7. The monoisotopic (exact) mass is 482 g/mol. The largest absolute Gasteiger partial charge is 0.472 e. The van der Waals surface area contributed by atoms with Gasteiger partial charge in [-0.1, -0.05) is 6.07 Å². The van der Waals surface area contributed by atoms with E-state index >= 15 is 0 Å². The second kappa shape index (κ2) is 8.94. The van der Waals surface area contributed by atoms with Gasteiger partial charge in [0.2, 0.25) is 5.88 Å². The number of pyridine rings is 3. The maximum atomic E-state index is 13.8. The summed E-state index contributed by atoms with van der Waals surface area (Å²) in [7, 11) is 0. The lowest BCUT2D eigenvalue weighted by atomic mass is 9.77. The molecule has 0 N–H and O–H groups in total. The summed E-state index contributed by atoms with van der Waals surface area (Å²) in [6.07, 6.45) is 0.125. The van der Waals surface area contributed by atoms with Crippen molar-refractivity contribution in [1.29, 1.82) is 0 Å². The zero-order chi connectivity index (χ0) is 24.7. The van der Waals surface area contributed by atoms with E-state index in [-0.39, 0.29) is 29.9 Å². The molecule has 3 aliphatic rings. The van der Waals surface area contributed by atoms with Crippen LogP contribution < -0.4 is 4.74 Å². The third-order valence-corrected chi connectivity index (χ3v) is 6.82. The molecule has 0 radical (unpaired) electrons. The minimum Gasteiger partial charge on any atom is -0.472 e. The lowest BCUT2D eigenvalue weighted by molar-refractivity contribution is -0.137. The smallest absolute Gasteiger partial charge is 0.417 e. The molecule has 35 heavy (non-hydrogen) atoms. The van der Waals surface area contributed by atoms with E-state index in [0.29, 0.717) is 23.5 Å². The number of amides is 1. The number of hydrogen-bond acceptors (Lipinski definition) is 5. The van der Waals surface area contributed by atoms with E-state index in [4.69, 9.17) is 4.74 Å². The Hall–Kier alpha value is -3.49. The summed E-state index contributed by atoms with van der Waals surface area (Å²) in [6.45, 7) is 4.39. The number of carbonyl (C=O) groups excluding carboxylic acids is 1. The molecule has 2 saturated heterocycles. The Kier molecular flexibility index (Phi) is 5.94. The van der Waals surface area contributed by atoms with Crippen molar-refractivity contribution >= 4 is 5.91 Å². The van der Waals surface area contributed by atoms with Gasteiger partial charge >= 0.3 is 6.18 Å². The van der Waals surface area contributed by atoms with Crippen LogP contribution in [0.25, 0.3) is 11.3 Å². The summed E-state index contributed by atoms with van der Waals surface area (Å²) in [5, 5.41) is 0. The first-order valence-corrected chi connectivity index (χ1v) is 11.6. The highest BCUT2D eigenvalue weighted by Gasteiger charge is 2.45. The van der Waals surface area contributed by atoms with E-state index in [2.05, 4.69) is 15.0 Å². The molecule has 3 fully saturated rings. The van der Waals surface area contributed by atoms with Crippen molar-refractivity contribution < 1.29 is 22.7 Å². The lowest BCUT2D eigenvalue weighted by Gasteiger charge is -2.49. The number of piperidine rings is 2. The van der Waals surface area contributed by atoms with Crippen LogP contribution in [-0.2, 0) is 6.18 Å². The number of ether oxygens (including phenoxy) is 1. The highest BCUT2D eigenvalue weighted by Crippen LogP contribution is 2.39. The molecule has 2 aliphatic heterocycles. The van der Waals surface area contributed by atoms with Crippen LogP contribution in [0.3, 0.4) is 0 Å². The standard InChI is InChI=1S/C26H25F3N4O2/c1-15-4-3-11-30-23(15)19-8-5-16(2)32-24(19)25(34)33-14-17-6-9-20(33)21(12-17)35-22-10-7-18(13-31-22)26(27,28)29/h3-5,7-8,10-11,13,17,20-21H,6,9,12,14H2,1-2H3/t17?,20-,21+/m0/s1. The van der Waals surface area contributed by atoms with Crippen molar-refractivity contribution in [1.82, 2.24) is 19.9 Å². The third kappa shape index (κ3) is 4.59. The van der Waals surface area contributed by atoms with E-state index in [1.54, 1.807) is 6.20 Å². The highest BCUT2D eigenvalue weighted by atomic mass is 19.4. The number of fused-ring (bicyclic) bond motifs is 3. The molecule has 1 amide bonds. The van der Waals surface area contributed by atoms with Crippen LogP contribution in [-0.4, -0.2) is 44.4 Å². The number of aryl methyl sites for hydroxylation is 2. The molecule has 3 aromatic rings. The minimum atomic E-state index is -4.46. The van der Waals surface area contributed by atoms with E-state index in [0.717, 1.165) is 42.8 Å². The molecule has 6 nitrogen and oxygen atoms in total. The molecule has 1 saturated carbocycles. The number of halogens is 3. The maximum absolute atomic E-state index is 13.8. The average Bonchev–Trinajstić information content (AvgIpc) is 2.84. The van der Waals surface area contributed by atoms with Crippen molar-refractivity contribution in [3.8, 4) is 17.1 Å². The fourth-order valence-corrected chi connectivity index (χ4v) is 5.08. The summed E-state index contributed by atoms with van der Waals surface area (Å²) >= 11 is 0. The molecule has 6 rings (SSSR count). The van der Waals surface area contributed by atoms with Crippen molar-refractivity contribution in [2.45, 2.75) is 51.4 Å². The predicted octanol–water partition coefficient (Wildman–Crippen LogP) is 5.25. The highest BCUT2D eigenvalue weighted by molar-refractivity contribution is 5.99. The molecule has 182 valence electrons. The van der Waals surface area contributed by atoms with Gasteiger partial charge in [-0.15, -0.1) is 0 Å². The first-order chi connectivity index (χ1) is 16.7. The van der Waals surface area contributed by atoms with Crippen molar-refractivity contribution in [3.63, 3.8) is 0 Å². The Bertz CT molecular complexity index is 1250. The Morgan fingerprint density at radius 3 is 2.60 bits per heavy atom. The molecule has 9 heteroatoms. The molecule has 5 heterocycles. The second-order valence-electron chi connectivity index (χ2n) is 9.26. The molecule has 3 atom stereocenters. The number of nitrogens with zero attached hydrogens (tertiary/aromatic N) is 4. The summed E-state index contributed by atoms with van der Waals surface area (Å²) in [5.41, 5.74) is 2.60. The Morgan fingerprint density at radius 1 is 1.09 bits per heavy atom. The van der Waals surface area contributed by atoms with Crippen LogP contribution in [0.5, 0.6) is 5.88 Å². The minimum absolute atomic E-state index is 0.126. The van der Waals surface area contributed by atoms with Gasteiger partial charge in [0, 0.05) is 36.3 Å². The van der Waals surface area contributed by atoms with Gasteiger partial charge in [-0.25, -0.2) is 9.97 Å². The van der Waals surface area contributed by atoms with Crippen LogP contribution in [0.4, 0.5) is 13.2 Å². The van der Waals surface area contributed by atoms with Crippen LogP contribution >= 0.6 is 0 Å². The van der Waals surface area contributed by atoms with Crippen LogP contribution in [0.2, 0.25) is 0 Å². The van der Waals surface area contributed by atoms with Gasteiger partial charge in [-0.05, 0) is 68.9 Å². The SMILES string of the molecule is Cc1ccc(-c2ncccc2C)c(C(=O)N2CC3CC[C@H]2[C@H](Oc2ccc(C(F)(F)F)cn2)C3)n1. The lowest BCUT2D eigenvalue weighted by Crippen LogP contribution is -2.59. The van der Waals surface area contributed by atoms with Gasteiger partial charge in [0.15, 0.2) is 0 Å². The fourth-order valence-electron chi connectivity index (χ4n) is 5.08. The number of rotatable bonds is 4. The Balaban J connectivity index is 1.42. The first-order valence-electron chi connectivity index (χ1n) is 11.6. The zero-order valence-corrected chi connectivity index (χ0v) is 19.4. The molecular formula is C26H25F3N4O2. The second-order valence-corrected chi connectivity index (χ2v) is 9.26. The zero-order valence-electron chi connectivity index (χ0n) is 19.4. The maximum Gasteiger partial charge on any atom is 0.417 e. The van der Waals surface area contributed by atoms with Crippen LogP contribution in [0.15, 0.2) is 48.8 Å². The average molecular weight is 483 g/mol. The third-order valence-electron chi connectivity index (χ3n) is 6.82. The van der Waals surface area contributed by atoms with Crippen molar-refractivity contribution in [2.24, 2.45) is 5.92 Å². The Morgan fingerprint density at radius 2 is 1.91 bits per heavy atom. The van der Waals surface area contributed by atoms with E-state index < -0.39 is 11.7 Å². The van der Waals surface area contributed by atoms with Gasteiger partial charge in [0.1, 0.15) is 11.8 Å². The van der Waals surface area contributed by atoms with Crippen molar-refractivity contribution in [2.75, 3.05) is 6.54 Å². The van der Waals surface area contributed by atoms with Crippen LogP contribution in [0, 0.1) is 19.8 Å². The predicted molar refractivity (Wildman–Crippen MR) is 123 cm³/mol. The van der Waals surface area contributed by atoms with Crippen LogP contribution in [0.1, 0.15) is 46.6 Å². The molecular weight excluding hydrogens is 457 g/mol. The number of alkyl halides is 3. The van der Waals surface area contributed by atoms with Gasteiger partial charge in [-0.3, -0.25) is 9.78 Å². The Labute approximate surface area is 201 Å². The van der Waals surface area contributed by atoms with E-state index in [9.17, 15) is 18.0 Å². The summed E-state index contributed by atoms with van der Waals surface area (Å²) in [6, 6.07) is 9.53. The number of aromatic nitrogens is 3. The summed E-state index contributed by atoms with van der Waals surface area (Å²) in [4.78, 5) is 28.6. The summed E-state index contributed by atoms with van der Waals surface area (Å²) in [5.74, 6) is 0.187. The number of hydrogen-bond donors (Lipinski definition) is 0. The van der Waals surface area contributed by atoms with Gasteiger partial charge in [0.05, 0.1) is 17.3 Å². The first kappa shape index (κ1) is 23.3. The molecule has 0 spiro atoms. The van der Waals surface area contributed by atoms with Gasteiger partial charge in [0.25, 0.3) is 5.91 Å². The number of carbonyl (C=O) groups is 1. The normalized spacial score (nSPS) is 21.7. The topological polar surface area (TPSA) is 68.2 Å². The molecule has 0 aromatic carbocycles. The molecule has 3 aromatic heterocycles. The quantitative estimate of drug-likeness (QED) is 0.508. The molecule has 1 aliphatic carbocycles. The fraction of sp³-hybridized carbons (Fsp3) is 0.385. The molecule has 2 bridgehead atoms.